The van der Waals surface area contributed by atoms with Gasteiger partial charge in [-0.25, -0.2) is 0 Å². The van der Waals surface area contributed by atoms with E-state index in [0.717, 1.165) is 6.54 Å². The SMILES string of the molecule is CN1CCCCC1C1NCC(C)(C)O1. The van der Waals surface area contributed by atoms with Gasteiger partial charge < -0.3 is 4.74 Å². The van der Waals surface area contributed by atoms with Crippen LogP contribution in [0, 0.1) is 0 Å². The molecule has 0 amide bonds. The zero-order valence-electron chi connectivity index (χ0n) is 9.55. The van der Waals surface area contributed by atoms with Crippen LogP contribution in [0.15, 0.2) is 0 Å². The van der Waals surface area contributed by atoms with Gasteiger partial charge in [0.15, 0.2) is 0 Å². The van der Waals surface area contributed by atoms with Crippen molar-refractivity contribution >= 4 is 0 Å². The third-order valence-electron chi connectivity index (χ3n) is 3.35. The van der Waals surface area contributed by atoms with Crippen molar-refractivity contribution in [3.05, 3.63) is 0 Å². The van der Waals surface area contributed by atoms with E-state index in [9.17, 15) is 0 Å². The third-order valence-corrected chi connectivity index (χ3v) is 3.35. The molecule has 2 fully saturated rings. The Hall–Kier alpha value is -0.120. The fourth-order valence-electron chi connectivity index (χ4n) is 2.47. The minimum Gasteiger partial charge on any atom is -0.355 e. The maximum absolute atomic E-state index is 6.01. The highest BCUT2D eigenvalue weighted by Gasteiger charge is 2.38. The van der Waals surface area contributed by atoms with E-state index in [4.69, 9.17) is 4.74 Å². The molecule has 0 aromatic heterocycles. The standard InChI is InChI=1S/C11H22N2O/c1-11(2)8-12-10(14-11)9-6-4-5-7-13(9)3/h9-10,12H,4-8H2,1-3H3. The minimum atomic E-state index is 0.0168. The summed E-state index contributed by atoms with van der Waals surface area (Å²) in [4.78, 5) is 2.43. The molecule has 2 heterocycles. The molecule has 2 aliphatic heterocycles. The Kier molecular flexibility index (Phi) is 2.82. The molecule has 0 aliphatic carbocycles. The van der Waals surface area contributed by atoms with Crippen LogP contribution in [-0.2, 0) is 4.74 Å². The molecule has 0 radical (unpaired) electrons. The highest BCUT2D eigenvalue weighted by molar-refractivity contribution is 4.89. The molecule has 0 aromatic carbocycles. The molecule has 2 saturated heterocycles. The summed E-state index contributed by atoms with van der Waals surface area (Å²) in [5.74, 6) is 0. The van der Waals surface area contributed by atoms with E-state index >= 15 is 0 Å². The summed E-state index contributed by atoms with van der Waals surface area (Å²) in [6.07, 6.45) is 4.19. The van der Waals surface area contributed by atoms with Gasteiger partial charge in [0, 0.05) is 12.6 Å². The van der Waals surface area contributed by atoms with Crippen LogP contribution in [0.2, 0.25) is 0 Å². The zero-order chi connectivity index (χ0) is 10.2. The van der Waals surface area contributed by atoms with Crippen LogP contribution >= 0.6 is 0 Å². The molecule has 2 rings (SSSR count). The molecule has 3 heteroatoms. The molecular weight excluding hydrogens is 176 g/mol. The lowest BCUT2D eigenvalue weighted by Gasteiger charge is -2.36. The average molecular weight is 198 g/mol. The summed E-state index contributed by atoms with van der Waals surface area (Å²) in [7, 11) is 2.21. The highest BCUT2D eigenvalue weighted by atomic mass is 16.5. The van der Waals surface area contributed by atoms with Crippen LogP contribution in [0.4, 0.5) is 0 Å². The van der Waals surface area contributed by atoms with E-state index in [1.54, 1.807) is 0 Å². The number of nitrogens with one attached hydrogen (secondary N) is 1. The Morgan fingerprint density at radius 2 is 2.14 bits per heavy atom. The van der Waals surface area contributed by atoms with Gasteiger partial charge in [0.1, 0.15) is 6.23 Å². The zero-order valence-corrected chi connectivity index (χ0v) is 9.55. The van der Waals surface area contributed by atoms with Crippen molar-refractivity contribution in [2.75, 3.05) is 20.1 Å². The van der Waals surface area contributed by atoms with Crippen LogP contribution in [0.3, 0.4) is 0 Å². The van der Waals surface area contributed by atoms with Gasteiger partial charge in [0.2, 0.25) is 0 Å². The van der Waals surface area contributed by atoms with E-state index in [2.05, 4.69) is 31.1 Å². The smallest absolute Gasteiger partial charge is 0.124 e. The quantitative estimate of drug-likeness (QED) is 0.685. The Balaban J connectivity index is 1.95. The number of hydrogen-bond acceptors (Lipinski definition) is 3. The van der Waals surface area contributed by atoms with Crippen LogP contribution in [0.25, 0.3) is 0 Å². The maximum atomic E-state index is 6.01. The number of piperidine rings is 1. The van der Waals surface area contributed by atoms with Crippen molar-refractivity contribution in [2.45, 2.75) is 51.0 Å². The lowest BCUT2D eigenvalue weighted by molar-refractivity contribution is -0.0604. The number of ether oxygens (including phenoxy) is 1. The molecule has 2 atom stereocenters. The van der Waals surface area contributed by atoms with E-state index in [-0.39, 0.29) is 11.8 Å². The third kappa shape index (κ3) is 2.10. The summed E-state index contributed by atoms with van der Waals surface area (Å²) < 4.78 is 6.01. The largest absolute Gasteiger partial charge is 0.355 e. The number of rotatable bonds is 1. The second-order valence-electron chi connectivity index (χ2n) is 5.22. The lowest BCUT2D eigenvalue weighted by atomic mass is 10.0. The molecule has 14 heavy (non-hydrogen) atoms. The van der Waals surface area contributed by atoms with Crippen molar-refractivity contribution in [2.24, 2.45) is 0 Å². The Morgan fingerprint density at radius 3 is 2.71 bits per heavy atom. The molecule has 2 aliphatic rings. The van der Waals surface area contributed by atoms with Crippen LogP contribution in [-0.4, -0.2) is 42.9 Å². The van der Waals surface area contributed by atoms with E-state index in [1.807, 2.05) is 0 Å². The Bertz CT molecular complexity index is 205. The van der Waals surface area contributed by atoms with Crippen LogP contribution < -0.4 is 5.32 Å². The summed E-state index contributed by atoms with van der Waals surface area (Å²) >= 11 is 0. The van der Waals surface area contributed by atoms with Gasteiger partial charge in [0.25, 0.3) is 0 Å². The van der Waals surface area contributed by atoms with Gasteiger partial charge in [-0.05, 0) is 40.3 Å². The Morgan fingerprint density at radius 1 is 1.36 bits per heavy atom. The first-order valence-electron chi connectivity index (χ1n) is 5.70. The van der Waals surface area contributed by atoms with Gasteiger partial charge >= 0.3 is 0 Å². The predicted molar refractivity (Wildman–Crippen MR) is 57.2 cm³/mol. The van der Waals surface area contributed by atoms with Gasteiger partial charge in [-0.15, -0.1) is 0 Å². The van der Waals surface area contributed by atoms with Crippen LogP contribution in [0.5, 0.6) is 0 Å². The van der Waals surface area contributed by atoms with Crippen molar-refractivity contribution in [1.82, 2.24) is 10.2 Å². The number of likely N-dealkylation sites (tertiary alicyclic amines) is 1. The number of nitrogens with zero attached hydrogens (tertiary/aromatic N) is 1. The predicted octanol–water partition coefficient (Wildman–Crippen LogP) is 1.20. The molecule has 1 N–H and O–H groups in total. The van der Waals surface area contributed by atoms with Crippen LogP contribution in [0.1, 0.15) is 33.1 Å². The van der Waals surface area contributed by atoms with Gasteiger partial charge in [0.05, 0.1) is 5.60 Å². The second-order valence-corrected chi connectivity index (χ2v) is 5.22. The summed E-state index contributed by atoms with van der Waals surface area (Å²) in [6.45, 7) is 6.50. The molecular formula is C11H22N2O. The summed E-state index contributed by atoms with van der Waals surface area (Å²) in [5, 5.41) is 3.48. The first kappa shape index (κ1) is 10.4. The second kappa shape index (κ2) is 3.80. The fraction of sp³-hybridized carbons (Fsp3) is 1.00. The molecule has 3 nitrogen and oxygen atoms in total. The highest BCUT2D eigenvalue weighted by Crippen LogP contribution is 2.25. The van der Waals surface area contributed by atoms with E-state index < -0.39 is 0 Å². The van der Waals surface area contributed by atoms with Crippen molar-refractivity contribution in [3.63, 3.8) is 0 Å². The van der Waals surface area contributed by atoms with Gasteiger partial charge in [-0.2, -0.15) is 0 Å². The first-order valence-corrected chi connectivity index (χ1v) is 5.70. The van der Waals surface area contributed by atoms with Gasteiger partial charge in [-0.3, -0.25) is 10.2 Å². The lowest BCUT2D eigenvalue weighted by Crippen LogP contribution is -2.49. The minimum absolute atomic E-state index is 0.0168. The average Bonchev–Trinajstić information content (AvgIpc) is 2.47. The first-order chi connectivity index (χ1) is 6.58. The number of hydrogen-bond donors (Lipinski definition) is 1. The molecule has 0 spiro atoms. The molecule has 0 bridgehead atoms. The molecule has 0 aromatic rings. The van der Waals surface area contributed by atoms with Crippen molar-refractivity contribution < 1.29 is 4.74 Å². The molecule has 0 saturated carbocycles. The maximum Gasteiger partial charge on any atom is 0.124 e. The number of likely N-dealkylation sites (N-methyl/N-ethyl adjacent to an activating group) is 1. The van der Waals surface area contributed by atoms with Crippen molar-refractivity contribution in [1.29, 1.82) is 0 Å². The van der Waals surface area contributed by atoms with Crippen molar-refractivity contribution in [3.8, 4) is 0 Å². The Labute approximate surface area is 86.8 Å². The van der Waals surface area contributed by atoms with E-state index in [0.29, 0.717) is 6.04 Å². The normalized spacial score (nSPS) is 38.8. The topological polar surface area (TPSA) is 24.5 Å². The monoisotopic (exact) mass is 198 g/mol. The fourth-order valence-corrected chi connectivity index (χ4v) is 2.47. The summed E-state index contributed by atoms with van der Waals surface area (Å²) in [5.41, 5.74) is 0.0168. The van der Waals surface area contributed by atoms with E-state index in [1.165, 1.54) is 25.8 Å². The van der Waals surface area contributed by atoms with Gasteiger partial charge in [-0.1, -0.05) is 6.42 Å². The molecule has 82 valence electrons. The summed E-state index contributed by atoms with van der Waals surface area (Å²) in [6, 6.07) is 0.575. The molecule has 2 unspecified atom stereocenters.